The third-order valence-electron chi connectivity index (χ3n) is 4.90. The van der Waals surface area contributed by atoms with Crippen molar-refractivity contribution in [2.24, 2.45) is 4.36 Å². The van der Waals surface area contributed by atoms with Gasteiger partial charge in [-0.25, -0.2) is 23.0 Å². The van der Waals surface area contributed by atoms with E-state index in [4.69, 9.17) is 9.68 Å². The molecule has 0 saturated heterocycles. The standard InChI is InChI=1S/C21H14F7N5O2S2/c1-36(34,31-11-29)10-12-6-13(8-14(7-12)37(24,25,26,27)28)32-21-30-9-18(23)19(33-21)16-2-3-17(22)15-4-5-35-20(15)16/h2-9H,10H2,1H3,(H,30,32,33). The van der Waals surface area contributed by atoms with Crippen LogP contribution in [-0.2, 0) is 15.5 Å². The van der Waals surface area contributed by atoms with Crippen LogP contribution >= 0.6 is 10.2 Å². The monoisotopic (exact) mass is 565 g/mol. The second-order valence-corrected chi connectivity index (χ2v) is 12.7. The highest BCUT2D eigenvalue weighted by atomic mass is 32.5. The van der Waals surface area contributed by atoms with E-state index in [1.807, 2.05) is 0 Å². The van der Waals surface area contributed by atoms with Gasteiger partial charge in [-0.2, -0.15) is 5.26 Å². The molecule has 0 aliphatic carbocycles. The molecule has 0 bridgehead atoms. The van der Waals surface area contributed by atoms with E-state index in [1.54, 1.807) is 0 Å². The second kappa shape index (κ2) is 8.08. The molecule has 196 valence electrons. The zero-order valence-electron chi connectivity index (χ0n) is 18.4. The number of aromatic nitrogens is 2. The number of hydrogen-bond donors (Lipinski definition) is 1. The van der Waals surface area contributed by atoms with Gasteiger partial charge in [0.1, 0.15) is 22.0 Å². The Bertz CT molecular complexity index is 1730. The van der Waals surface area contributed by atoms with Crippen molar-refractivity contribution >= 4 is 42.6 Å². The van der Waals surface area contributed by atoms with E-state index in [0.29, 0.717) is 6.20 Å². The van der Waals surface area contributed by atoms with Gasteiger partial charge >= 0.3 is 10.2 Å². The molecule has 1 N–H and O–H groups in total. The van der Waals surface area contributed by atoms with Crippen molar-refractivity contribution in [1.29, 1.82) is 5.26 Å². The lowest BCUT2D eigenvalue weighted by Gasteiger charge is -2.41. The van der Waals surface area contributed by atoms with Gasteiger partial charge in [0, 0.05) is 17.5 Å². The molecule has 0 spiro atoms. The van der Waals surface area contributed by atoms with Gasteiger partial charge in [0.25, 0.3) is 0 Å². The van der Waals surface area contributed by atoms with Crippen LogP contribution in [0.1, 0.15) is 5.56 Å². The first kappa shape index (κ1) is 26.2. The molecule has 0 amide bonds. The van der Waals surface area contributed by atoms with E-state index in [0.717, 1.165) is 24.7 Å². The van der Waals surface area contributed by atoms with Gasteiger partial charge in [-0.05, 0) is 42.0 Å². The molecular weight excluding hydrogens is 551 g/mol. The molecular formula is C21H14F7N5O2S2. The second-order valence-electron chi connectivity index (χ2n) is 7.90. The summed E-state index contributed by atoms with van der Waals surface area (Å²) in [6.45, 7) is 0. The highest BCUT2D eigenvalue weighted by molar-refractivity contribution is 8.45. The number of nitrogens with one attached hydrogen (secondary N) is 1. The first-order chi connectivity index (χ1) is 17.0. The Morgan fingerprint density at radius 1 is 1.11 bits per heavy atom. The number of nitrogens with zero attached hydrogens (tertiary/aromatic N) is 4. The summed E-state index contributed by atoms with van der Waals surface area (Å²) in [4.78, 5) is 5.23. The van der Waals surface area contributed by atoms with E-state index in [2.05, 4.69) is 19.6 Å². The van der Waals surface area contributed by atoms with Gasteiger partial charge in [-0.15, -0.1) is 4.36 Å². The number of nitriles is 1. The molecule has 0 aliphatic rings. The summed E-state index contributed by atoms with van der Waals surface area (Å²) in [5, 5.41) is 10.9. The number of furan rings is 1. The predicted octanol–water partition coefficient (Wildman–Crippen LogP) is 7.65. The lowest BCUT2D eigenvalue weighted by Crippen LogP contribution is -2.10. The smallest absolute Gasteiger partial charge is 0.310 e. The van der Waals surface area contributed by atoms with Crippen LogP contribution in [0.4, 0.5) is 39.8 Å². The fraction of sp³-hybridized carbons (Fsp3) is 0.0952. The number of benzene rings is 2. The van der Waals surface area contributed by atoms with Crippen LogP contribution in [0.2, 0.25) is 0 Å². The molecule has 4 aromatic rings. The zero-order valence-corrected chi connectivity index (χ0v) is 20.0. The Hall–Kier alpha value is -3.84. The fourth-order valence-corrected chi connectivity index (χ4v) is 5.17. The van der Waals surface area contributed by atoms with Gasteiger partial charge in [-0.3, -0.25) is 0 Å². The van der Waals surface area contributed by atoms with Crippen molar-refractivity contribution in [3.8, 4) is 17.5 Å². The molecule has 1 unspecified atom stereocenters. The SMILES string of the molecule is CS(=O)(Cc1cc(Nc2ncc(F)c(-c3ccc(F)c4ccoc34)n2)cc(S(F)(F)(F)(F)F)c1)=NC#N. The molecule has 4 rings (SSSR count). The Kier molecular flexibility index (Phi) is 5.73. The van der Waals surface area contributed by atoms with Crippen molar-refractivity contribution in [1.82, 2.24) is 9.97 Å². The van der Waals surface area contributed by atoms with Crippen LogP contribution in [0, 0.1) is 23.1 Å². The van der Waals surface area contributed by atoms with E-state index in [-0.39, 0.29) is 28.7 Å². The highest BCUT2D eigenvalue weighted by Gasteiger charge is 2.65. The molecule has 2 aromatic carbocycles. The van der Waals surface area contributed by atoms with Crippen LogP contribution in [0.5, 0.6) is 0 Å². The number of rotatable bonds is 6. The zero-order chi connectivity index (χ0) is 27.3. The third-order valence-corrected chi connectivity index (χ3v) is 7.36. The summed E-state index contributed by atoms with van der Waals surface area (Å²) < 4.78 is 117. The van der Waals surface area contributed by atoms with E-state index in [1.165, 1.54) is 18.3 Å². The Labute approximate surface area is 204 Å². The molecule has 37 heavy (non-hydrogen) atoms. The fourth-order valence-electron chi connectivity index (χ4n) is 3.43. The molecule has 7 nitrogen and oxygen atoms in total. The highest BCUT2D eigenvalue weighted by Crippen LogP contribution is 3.02. The van der Waals surface area contributed by atoms with Gasteiger partial charge in [0.05, 0.1) is 33.3 Å². The summed E-state index contributed by atoms with van der Waals surface area (Å²) in [6.07, 6.45) is 4.07. The lowest BCUT2D eigenvalue weighted by molar-refractivity contribution is 0.364. The summed E-state index contributed by atoms with van der Waals surface area (Å²) in [6, 6.07) is 4.66. The summed E-state index contributed by atoms with van der Waals surface area (Å²) in [5.41, 5.74) is -1.54. The van der Waals surface area contributed by atoms with E-state index in [9.17, 15) is 32.4 Å². The third kappa shape index (κ3) is 5.78. The van der Waals surface area contributed by atoms with Crippen molar-refractivity contribution < 1.29 is 36.8 Å². The molecule has 2 aromatic heterocycles. The van der Waals surface area contributed by atoms with E-state index < -0.39 is 65.1 Å². The minimum Gasteiger partial charge on any atom is -0.464 e. The molecule has 0 fully saturated rings. The minimum atomic E-state index is -10.2. The van der Waals surface area contributed by atoms with Crippen molar-refractivity contribution in [2.75, 3.05) is 11.6 Å². The largest absolute Gasteiger partial charge is 0.464 e. The molecule has 0 saturated carbocycles. The number of halogens is 7. The van der Waals surface area contributed by atoms with Crippen LogP contribution in [0.3, 0.4) is 0 Å². The summed E-state index contributed by atoms with van der Waals surface area (Å²) in [5.74, 6) is -2.89. The van der Waals surface area contributed by atoms with Gasteiger partial charge in [0.2, 0.25) is 12.1 Å². The van der Waals surface area contributed by atoms with Crippen LogP contribution in [0.25, 0.3) is 22.2 Å². The Morgan fingerprint density at radius 3 is 2.51 bits per heavy atom. The number of hydrogen-bond acceptors (Lipinski definition) is 7. The average molecular weight is 565 g/mol. The quantitative estimate of drug-likeness (QED) is 0.190. The van der Waals surface area contributed by atoms with E-state index >= 15 is 0 Å². The average Bonchev–Trinajstić information content (AvgIpc) is 3.24. The first-order valence-corrected chi connectivity index (χ1v) is 13.9. The topological polar surface area (TPSA) is 104 Å². The van der Waals surface area contributed by atoms with Gasteiger partial charge < -0.3 is 9.73 Å². The molecule has 16 heteroatoms. The van der Waals surface area contributed by atoms with Crippen molar-refractivity contribution in [3.63, 3.8) is 0 Å². The number of fused-ring (bicyclic) bond motifs is 1. The molecule has 2 heterocycles. The summed E-state index contributed by atoms with van der Waals surface area (Å²) in [7, 11) is -13.6. The first-order valence-electron chi connectivity index (χ1n) is 9.87. The van der Waals surface area contributed by atoms with Crippen LogP contribution < -0.4 is 5.32 Å². The molecule has 0 radical (unpaired) electrons. The Morgan fingerprint density at radius 2 is 1.84 bits per heavy atom. The lowest BCUT2D eigenvalue weighted by atomic mass is 10.1. The maximum atomic E-state index is 14.6. The number of anilines is 2. The molecule has 0 aliphatic heterocycles. The van der Waals surface area contributed by atoms with Gasteiger partial charge in [-0.1, -0.05) is 19.4 Å². The normalized spacial score (nSPS) is 15.3. The Balaban J connectivity index is 1.82. The van der Waals surface area contributed by atoms with Gasteiger partial charge in [0.15, 0.2) is 5.82 Å². The van der Waals surface area contributed by atoms with Crippen molar-refractivity contribution in [2.45, 2.75) is 10.6 Å². The summed E-state index contributed by atoms with van der Waals surface area (Å²) >= 11 is 0. The van der Waals surface area contributed by atoms with Crippen LogP contribution in [-0.4, -0.2) is 20.4 Å². The molecule has 1 atom stereocenters. The maximum absolute atomic E-state index is 14.6. The van der Waals surface area contributed by atoms with Crippen LogP contribution in [0.15, 0.2) is 62.5 Å². The maximum Gasteiger partial charge on any atom is 0.310 e. The van der Waals surface area contributed by atoms with Crippen molar-refractivity contribution in [3.05, 3.63) is 66.1 Å². The predicted molar refractivity (Wildman–Crippen MR) is 124 cm³/mol. The minimum absolute atomic E-state index is 0.00497.